The average molecular weight is 145 g/mol. The summed E-state index contributed by atoms with van der Waals surface area (Å²) in [6, 6.07) is 0. The van der Waals surface area contributed by atoms with Crippen LogP contribution < -0.4 is 0 Å². The third-order valence-corrected chi connectivity index (χ3v) is 0.950. The van der Waals surface area contributed by atoms with E-state index in [1.807, 2.05) is 24.1 Å². The SMILES string of the molecule is CC=CN(COC)COC. The normalized spacial score (nSPS) is 10.7. The Morgan fingerprint density at radius 3 is 2.00 bits per heavy atom. The first-order chi connectivity index (χ1) is 4.85. The molecule has 0 aliphatic heterocycles. The van der Waals surface area contributed by atoms with E-state index in [1.165, 1.54) is 0 Å². The molecule has 60 valence electrons. The van der Waals surface area contributed by atoms with Crippen LogP contribution in [0.4, 0.5) is 0 Å². The molecule has 10 heavy (non-hydrogen) atoms. The van der Waals surface area contributed by atoms with Crippen LogP contribution in [-0.4, -0.2) is 32.6 Å². The Hall–Kier alpha value is -0.540. The van der Waals surface area contributed by atoms with Crippen LogP contribution in [0.3, 0.4) is 0 Å². The predicted octanol–water partition coefficient (Wildman–Crippen LogP) is 1.03. The fourth-order valence-corrected chi connectivity index (χ4v) is 0.666. The summed E-state index contributed by atoms with van der Waals surface area (Å²) in [6.45, 7) is 3.09. The molecule has 0 aromatic carbocycles. The number of hydrogen-bond acceptors (Lipinski definition) is 3. The molecule has 0 bridgehead atoms. The summed E-state index contributed by atoms with van der Waals surface area (Å²) in [6.07, 6.45) is 3.87. The van der Waals surface area contributed by atoms with Gasteiger partial charge in [-0.25, -0.2) is 0 Å². The van der Waals surface area contributed by atoms with E-state index < -0.39 is 0 Å². The quantitative estimate of drug-likeness (QED) is 0.539. The number of rotatable bonds is 5. The molecule has 0 atom stereocenters. The Bertz CT molecular complexity index is 87.6. The highest BCUT2D eigenvalue weighted by Crippen LogP contribution is 1.89. The molecule has 0 saturated carbocycles. The summed E-state index contributed by atoms with van der Waals surface area (Å²) in [5.41, 5.74) is 0. The summed E-state index contributed by atoms with van der Waals surface area (Å²) >= 11 is 0. The molecule has 3 nitrogen and oxygen atoms in total. The van der Waals surface area contributed by atoms with E-state index in [9.17, 15) is 0 Å². The minimum atomic E-state index is 0.568. The molecule has 0 unspecified atom stereocenters. The zero-order chi connectivity index (χ0) is 7.82. The lowest BCUT2D eigenvalue weighted by atomic mass is 10.6. The molecule has 0 rings (SSSR count). The first-order valence-electron chi connectivity index (χ1n) is 3.20. The van der Waals surface area contributed by atoms with Crippen LogP contribution >= 0.6 is 0 Å². The molecule has 0 fully saturated rings. The van der Waals surface area contributed by atoms with Crippen molar-refractivity contribution in [1.82, 2.24) is 4.90 Å². The van der Waals surface area contributed by atoms with Crippen molar-refractivity contribution in [3.05, 3.63) is 12.3 Å². The summed E-state index contributed by atoms with van der Waals surface area (Å²) in [7, 11) is 3.32. The van der Waals surface area contributed by atoms with Crippen molar-refractivity contribution < 1.29 is 9.47 Å². The molecular weight excluding hydrogens is 130 g/mol. The van der Waals surface area contributed by atoms with Gasteiger partial charge in [0.25, 0.3) is 0 Å². The molecule has 0 aromatic heterocycles. The first kappa shape index (κ1) is 9.46. The van der Waals surface area contributed by atoms with Gasteiger partial charge >= 0.3 is 0 Å². The van der Waals surface area contributed by atoms with Crippen molar-refractivity contribution in [2.45, 2.75) is 6.92 Å². The minimum absolute atomic E-state index is 0.568. The van der Waals surface area contributed by atoms with E-state index in [2.05, 4.69) is 0 Å². The monoisotopic (exact) mass is 145 g/mol. The van der Waals surface area contributed by atoms with Crippen LogP contribution in [0, 0.1) is 0 Å². The second-order valence-electron chi connectivity index (χ2n) is 1.91. The maximum absolute atomic E-state index is 4.90. The summed E-state index contributed by atoms with van der Waals surface area (Å²) in [5.74, 6) is 0. The molecule has 0 spiro atoms. The van der Waals surface area contributed by atoms with Crippen LogP contribution in [0.25, 0.3) is 0 Å². The number of hydrogen-bond donors (Lipinski definition) is 0. The Balaban J connectivity index is 3.50. The van der Waals surface area contributed by atoms with E-state index in [4.69, 9.17) is 9.47 Å². The van der Waals surface area contributed by atoms with Crippen molar-refractivity contribution in [1.29, 1.82) is 0 Å². The molecule has 0 aliphatic carbocycles. The van der Waals surface area contributed by atoms with Gasteiger partial charge in [0.1, 0.15) is 13.5 Å². The molecule has 0 aromatic rings. The highest BCUT2D eigenvalue weighted by Gasteiger charge is 1.93. The van der Waals surface area contributed by atoms with Gasteiger partial charge in [0.15, 0.2) is 0 Å². The lowest BCUT2D eigenvalue weighted by Gasteiger charge is -2.17. The predicted molar refractivity (Wildman–Crippen MR) is 40.4 cm³/mol. The molecular formula is C7H15NO2. The molecule has 0 heterocycles. The maximum Gasteiger partial charge on any atom is 0.119 e. The highest BCUT2D eigenvalue weighted by molar-refractivity contribution is 4.74. The molecule has 3 heteroatoms. The van der Waals surface area contributed by atoms with Crippen LogP contribution in [0.15, 0.2) is 12.3 Å². The van der Waals surface area contributed by atoms with Crippen LogP contribution in [0.5, 0.6) is 0 Å². The van der Waals surface area contributed by atoms with E-state index >= 15 is 0 Å². The molecule has 0 amide bonds. The van der Waals surface area contributed by atoms with Crippen molar-refractivity contribution in [2.24, 2.45) is 0 Å². The summed E-state index contributed by atoms with van der Waals surface area (Å²) < 4.78 is 9.81. The van der Waals surface area contributed by atoms with Gasteiger partial charge in [-0.3, -0.25) is 0 Å². The summed E-state index contributed by atoms with van der Waals surface area (Å²) in [4.78, 5) is 1.92. The first-order valence-corrected chi connectivity index (χ1v) is 3.20. The van der Waals surface area contributed by atoms with Crippen LogP contribution in [0.2, 0.25) is 0 Å². The van der Waals surface area contributed by atoms with Crippen molar-refractivity contribution in [3.63, 3.8) is 0 Å². The average Bonchev–Trinajstić information content (AvgIpc) is 1.90. The zero-order valence-electron chi connectivity index (χ0n) is 6.83. The third kappa shape index (κ3) is 4.35. The van der Waals surface area contributed by atoms with Crippen molar-refractivity contribution in [3.8, 4) is 0 Å². The van der Waals surface area contributed by atoms with Gasteiger partial charge in [0, 0.05) is 14.2 Å². The fraction of sp³-hybridized carbons (Fsp3) is 0.714. The van der Waals surface area contributed by atoms with E-state index in [-0.39, 0.29) is 0 Å². The molecule has 0 N–H and O–H groups in total. The topological polar surface area (TPSA) is 21.7 Å². The Morgan fingerprint density at radius 1 is 1.20 bits per heavy atom. The second-order valence-corrected chi connectivity index (χ2v) is 1.91. The van der Waals surface area contributed by atoms with Crippen LogP contribution in [-0.2, 0) is 9.47 Å². The van der Waals surface area contributed by atoms with Gasteiger partial charge < -0.3 is 14.4 Å². The van der Waals surface area contributed by atoms with Crippen molar-refractivity contribution >= 4 is 0 Å². The van der Waals surface area contributed by atoms with Gasteiger partial charge in [0.2, 0.25) is 0 Å². The molecule has 0 aliphatic rings. The van der Waals surface area contributed by atoms with Gasteiger partial charge in [-0.15, -0.1) is 0 Å². The van der Waals surface area contributed by atoms with E-state index in [1.54, 1.807) is 14.2 Å². The Morgan fingerprint density at radius 2 is 1.70 bits per heavy atom. The van der Waals surface area contributed by atoms with Gasteiger partial charge in [-0.1, -0.05) is 6.08 Å². The van der Waals surface area contributed by atoms with E-state index in [0.717, 1.165) is 0 Å². The number of allylic oxidation sites excluding steroid dienone is 1. The Labute approximate surface area is 62.2 Å². The van der Waals surface area contributed by atoms with Crippen LogP contribution in [0.1, 0.15) is 6.92 Å². The summed E-state index contributed by atoms with van der Waals surface area (Å²) in [5, 5.41) is 0. The second kappa shape index (κ2) is 6.58. The van der Waals surface area contributed by atoms with Crippen molar-refractivity contribution in [2.75, 3.05) is 27.7 Å². The number of methoxy groups -OCH3 is 2. The number of ether oxygens (including phenoxy) is 2. The lowest BCUT2D eigenvalue weighted by Crippen LogP contribution is -2.21. The fourth-order valence-electron chi connectivity index (χ4n) is 0.666. The minimum Gasteiger partial charge on any atom is -0.364 e. The van der Waals surface area contributed by atoms with Gasteiger partial charge in [-0.05, 0) is 13.1 Å². The standard InChI is InChI=1S/C7H15NO2/c1-4-5-8(6-9-2)7-10-3/h4-5H,6-7H2,1-3H3. The van der Waals surface area contributed by atoms with Gasteiger partial charge in [-0.2, -0.15) is 0 Å². The zero-order valence-corrected chi connectivity index (χ0v) is 6.83. The molecule has 0 saturated heterocycles. The smallest absolute Gasteiger partial charge is 0.119 e. The molecule has 0 radical (unpaired) electrons. The van der Waals surface area contributed by atoms with Gasteiger partial charge in [0.05, 0.1) is 0 Å². The number of nitrogens with zero attached hydrogens (tertiary/aromatic N) is 1. The Kier molecular flexibility index (Phi) is 6.22. The maximum atomic E-state index is 4.90. The largest absolute Gasteiger partial charge is 0.364 e. The lowest BCUT2D eigenvalue weighted by molar-refractivity contribution is 0.0175. The third-order valence-electron chi connectivity index (χ3n) is 0.950. The van der Waals surface area contributed by atoms with E-state index in [0.29, 0.717) is 13.5 Å². The highest BCUT2D eigenvalue weighted by atomic mass is 16.5.